The lowest BCUT2D eigenvalue weighted by atomic mass is 9.85. The van der Waals surface area contributed by atoms with Crippen molar-refractivity contribution in [3.63, 3.8) is 0 Å². The van der Waals surface area contributed by atoms with Crippen molar-refractivity contribution < 1.29 is 13.2 Å². The van der Waals surface area contributed by atoms with E-state index in [-0.39, 0.29) is 12.1 Å². The van der Waals surface area contributed by atoms with Gasteiger partial charge < -0.3 is 5.32 Å². The van der Waals surface area contributed by atoms with Gasteiger partial charge in [0, 0.05) is 18.8 Å². The number of nitrogens with zero attached hydrogens (tertiary/aromatic N) is 4. The average Bonchev–Trinajstić information content (AvgIpc) is 3.18. The van der Waals surface area contributed by atoms with Gasteiger partial charge in [0.05, 0.1) is 18.2 Å². The molecule has 4 rings (SSSR count). The van der Waals surface area contributed by atoms with Crippen LogP contribution in [-0.4, -0.2) is 29.1 Å². The van der Waals surface area contributed by atoms with Gasteiger partial charge in [0.25, 0.3) is 0 Å². The first-order valence-electron chi connectivity index (χ1n) is 9.98. The van der Waals surface area contributed by atoms with Crippen LogP contribution in [0.25, 0.3) is 0 Å². The predicted molar refractivity (Wildman–Crippen MR) is 104 cm³/mol. The molecule has 2 aromatic rings. The first-order chi connectivity index (χ1) is 14.0. The first kappa shape index (κ1) is 19.7. The minimum absolute atomic E-state index is 0.211. The summed E-state index contributed by atoms with van der Waals surface area (Å²) in [5.74, 6) is 1.04. The van der Waals surface area contributed by atoms with Gasteiger partial charge in [-0.15, -0.1) is 0 Å². The molecule has 0 saturated heterocycles. The lowest BCUT2D eigenvalue weighted by molar-refractivity contribution is -0.137. The minimum Gasteiger partial charge on any atom is -0.367 e. The molecule has 0 radical (unpaired) electrons. The number of nitrogens with one attached hydrogen (secondary N) is 1. The third-order valence-electron chi connectivity index (χ3n) is 5.71. The maximum absolute atomic E-state index is 12.6. The standard InChI is InChI=1S/C21H24F3N5/c22-21(23,24)17-8-11-20(25-12-17)27-18-9-6-15(7-10-18)14-29-19(13-26-28-29)16-4-2-1-3-5-16/h1-5,8,11-12,15,18-19H,6-7,9-10,13-14H2,(H,25,27). The molecule has 2 aliphatic rings. The summed E-state index contributed by atoms with van der Waals surface area (Å²) in [5, 5.41) is 14.0. The van der Waals surface area contributed by atoms with Crippen molar-refractivity contribution in [1.82, 2.24) is 9.99 Å². The molecule has 0 amide bonds. The Labute approximate surface area is 168 Å². The lowest BCUT2D eigenvalue weighted by Crippen LogP contribution is -2.33. The van der Waals surface area contributed by atoms with E-state index in [9.17, 15) is 13.2 Å². The molecule has 8 heteroatoms. The third-order valence-corrected chi connectivity index (χ3v) is 5.71. The molecular formula is C21H24F3N5. The molecule has 1 N–H and O–H groups in total. The molecule has 1 fully saturated rings. The number of pyridine rings is 1. The molecule has 1 atom stereocenters. The quantitative estimate of drug-likeness (QED) is 0.718. The number of hydrogen-bond acceptors (Lipinski definition) is 5. The van der Waals surface area contributed by atoms with Crippen molar-refractivity contribution in [2.45, 2.75) is 43.9 Å². The highest BCUT2D eigenvalue weighted by Gasteiger charge is 2.31. The van der Waals surface area contributed by atoms with E-state index < -0.39 is 11.7 Å². The van der Waals surface area contributed by atoms with E-state index in [0.717, 1.165) is 44.5 Å². The van der Waals surface area contributed by atoms with Gasteiger partial charge >= 0.3 is 6.18 Å². The highest BCUT2D eigenvalue weighted by Crippen LogP contribution is 2.33. The maximum Gasteiger partial charge on any atom is 0.417 e. The summed E-state index contributed by atoms with van der Waals surface area (Å²) in [5.41, 5.74) is 0.515. The molecule has 1 aromatic heterocycles. The molecule has 1 aromatic carbocycles. The van der Waals surface area contributed by atoms with E-state index in [2.05, 4.69) is 37.8 Å². The summed E-state index contributed by atoms with van der Waals surface area (Å²) >= 11 is 0. The van der Waals surface area contributed by atoms with E-state index in [1.807, 2.05) is 18.2 Å². The summed E-state index contributed by atoms with van der Waals surface area (Å²) in [6.45, 7) is 1.58. The van der Waals surface area contributed by atoms with E-state index in [0.29, 0.717) is 18.3 Å². The van der Waals surface area contributed by atoms with Crippen molar-refractivity contribution >= 4 is 5.82 Å². The van der Waals surface area contributed by atoms with Crippen LogP contribution in [0.3, 0.4) is 0 Å². The molecule has 29 heavy (non-hydrogen) atoms. The molecule has 0 bridgehead atoms. The van der Waals surface area contributed by atoms with Gasteiger partial charge in [-0.25, -0.2) is 4.98 Å². The molecule has 1 unspecified atom stereocenters. The monoisotopic (exact) mass is 403 g/mol. The SMILES string of the molecule is FC(F)(F)c1ccc(NC2CCC(CN3N=NCC3c3ccccc3)CC2)nc1. The predicted octanol–water partition coefficient (Wildman–Crippen LogP) is 5.50. The largest absolute Gasteiger partial charge is 0.417 e. The molecule has 154 valence electrons. The number of halogens is 3. The molecule has 1 aliphatic heterocycles. The smallest absolute Gasteiger partial charge is 0.367 e. The van der Waals surface area contributed by atoms with E-state index in [1.165, 1.54) is 11.6 Å². The van der Waals surface area contributed by atoms with Gasteiger partial charge in [-0.2, -0.15) is 18.3 Å². The van der Waals surface area contributed by atoms with Crippen molar-refractivity contribution in [3.05, 3.63) is 59.8 Å². The fraction of sp³-hybridized carbons (Fsp3) is 0.476. The minimum atomic E-state index is -4.35. The molecule has 1 saturated carbocycles. The van der Waals surface area contributed by atoms with E-state index in [1.54, 1.807) is 0 Å². The number of benzene rings is 1. The Balaban J connectivity index is 1.27. The van der Waals surface area contributed by atoms with Gasteiger partial charge in [-0.1, -0.05) is 35.6 Å². The Morgan fingerprint density at radius 1 is 1.00 bits per heavy atom. The second kappa shape index (κ2) is 8.39. The van der Waals surface area contributed by atoms with Crippen molar-refractivity contribution in [2.75, 3.05) is 18.4 Å². The summed E-state index contributed by atoms with van der Waals surface area (Å²) in [6.07, 6.45) is 0.560. The van der Waals surface area contributed by atoms with Gasteiger partial charge in [0.15, 0.2) is 0 Å². The molecule has 1 aliphatic carbocycles. The van der Waals surface area contributed by atoms with E-state index in [4.69, 9.17) is 0 Å². The number of aromatic nitrogens is 1. The van der Waals surface area contributed by atoms with Crippen molar-refractivity contribution in [2.24, 2.45) is 16.3 Å². The number of rotatable bonds is 5. The zero-order chi connectivity index (χ0) is 20.3. The Morgan fingerprint density at radius 3 is 2.41 bits per heavy atom. The number of anilines is 1. The normalized spacial score (nSPS) is 24.7. The number of alkyl halides is 3. The van der Waals surface area contributed by atoms with Crippen LogP contribution < -0.4 is 5.32 Å². The summed E-state index contributed by atoms with van der Waals surface area (Å²) in [6, 6.07) is 13.3. The molecule has 2 heterocycles. The van der Waals surface area contributed by atoms with Crippen LogP contribution in [0.1, 0.15) is 42.9 Å². The zero-order valence-electron chi connectivity index (χ0n) is 16.0. The van der Waals surface area contributed by atoms with Gasteiger partial charge in [-0.3, -0.25) is 5.01 Å². The maximum atomic E-state index is 12.6. The Kier molecular flexibility index (Phi) is 5.69. The lowest BCUT2D eigenvalue weighted by Gasteiger charge is -2.32. The Morgan fingerprint density at radius 2 is 1.76 bits per heavy atom. The van der Waals surface area contributed by atoms with Crippen LogP contribution in [0.5, 0.6) is 0 Å². The van der Waals surface area contributed by atoms with Gasteiger partial charge in [0.1, 0.15) is 5.82 Å². The summed E-state index contributed by atoms with van der Waals surface area (Å²) in [7, 11) is 0. The van der Waals surface area contributed by atoms with E-state index >= 15 is 0 Å². The van der Waals surface area contributed by atoms with Crippen LogP contribution in [0, 0.1) is 5.92 Å². The molecular weight excluding hydrogens is 379 g/mol. The second-order valence-corrected chi connectivity index (χ2v) is 7.75. The third kappa shape index (κ3) is 4.86. The fourth-order valence-electron chi connectivity index (χ4n) is 4.08. The van der Waals surface area contributed by atoms with Gasteiger partial charge in [-0.05, 0) is 49.3 Å². The van der Waals surface area contributed by atoms with Crippen molar-refractivity contribution in [3.8, 4) is 0 Å². The first-order valence-corrected chi connectivity index (χ1v) is 9.98. The molecule has 0 spiro atoms. The zero-order valence-corrected chi connectivity index (χ0v) is 16.0. The Bertz CT molecular complexity index is 814. The second-order valence-electron chi connectivity index (χ2n) is 7.75. The van der Waals surface area contributed by atoms with Crippen LogP contribution in [0.4, 0.5) is 19.0 Å². The summed E-state index contributed by atoms with van der Waals surface area (Å²) in [4.78, 5) is 3.92. The fourth-order valence-corrected chi connectivity index (χ4v) is 4.08. The van der Waals surface area contributed by atoms with Crippen molar-refractivity contribution in [1.29, 1.82) is 0 Å². The van der Waals surface area contributed by atoms with Crippen LogP contribution in [-0.2, 0) is 6.18 Å². The van der Waals surface area contributed by atoms with Crippen LogP contribution >= 0.6 is 0 Å². The summed E-state index contributed by atoms with van der Waals surface area (Å²) < 4.78 is 37.9. The highest BCUT2D eigenvalue weighted by atomic mass is 19.4. The van der Waals surface area contributed by atoms with Gasteiger partial charge in [0.2, 0.25) is 0 Å². The average molecular weight is 403 g/mol. The molecule has 5 nitrogen and oxygen atoms in total. The van der Waals surface area contributed by atoms with Crippen LogP contribution in [0.15, 0.2) is 59.0 Å². The highest BCUT2D eigenvalue weighted by molar-refractivity contribution is 5.37. The number of hydrogen-bond donors (Lipinski definition) is 1. The Hall–Kier alpha value is -2.64. The topological polar surface area (TPSA) is 52.9 Å². The van der Waals surface area contributed by atoms with Crippen LogP contribution in [0.2, 0.25) is 0 Å².